The molecule has 0 saturated carbocycles. The van der Waals surface area contributed by atoms with Gasteiger partial charge in [0.25, 0.3) is 0 Å². The van der Waals surface area contributed by atoms with Crippen molar-refractivity contribution in [2.75, 3.05) is 6.54 Å². The number of ether oxygens (including phenoxy) is 1. The first-order chi connectivity index (χ1) is 9.40. The van der Waals surface area contributed by atoms with Gasteiger partial charge in [-0.05, 0) is 25.1 Å². The molecule has 0 bridgehead atoms. The van der Waals surface area contributed by atoms with Crippen LogP contribution in [-0.2, 0) is 14.8 Å². The number of carbonyl (C=O) groups excluding carboxylic acids is 1. The number of hydrogen-bond acceptors (Lipinski definition) is 5. The molecule has 1 rings (SSSR count). The highest BCUT2D eigenvalue weighted by molar-refractivity contribution is 7.89. The number of hydrogen-bond donors (Lipinski definition) is 1. The first kappa shape index (κ1) is 15.9. The number of esters is 1. The summed E-state index contributed by atoms with van der Waals surface area (Å²) >= 11 is 0. The second-order valence-electron chi connectivity index (χ2n) is 3.85. The van der Waals surface area contributed by atoms with Gasteiger partial charge < -0.3 is 4.74 Å². The minimum absolute atomic E-state index is 0.0570. The van der Waals surface area contributed by atoms with Crippen LogP contribution in [0.1, 0.15) is 17.3 Å². The maximum Gasteiger partial charge on any atom is 0.339 e. The fourth-order valence-electron chi connectivity index (χ4n) is 1.30. The smallest absolute Gasteiger partial charge is 0.339 e. The second kappa shape index (κ2) is 6.84. The number of carbonyl (C=O) groups is 1. The van der Waals surface area contributed by atoms with E-state index in [0.29, 0.717) is 0 Å². The molecule has 0 saturated heterocycles. The van der Waals surface area contributed by atoms with Crippen LogP contribution in [0.5, 0.6) is 0 Å². The van der Waals surface area contributed by atoms with Crippen LogP contribution in [0.2, 0.25) is 0 Å². The molecule has 20 heavy (non-hydrogen) atoms. The Morgan fingerprint density at radius 2 is 2.30 bits per heavy atom. The number of nitrogens with one attached hydrogen (secondary N) is 1. The lowest BCUT2D eigenvalue weighted by Crippen LogP contribution is -2.24. The molecule has 0 aromatic heterocycles. The van der Waals surface area contributed by atoms with E-state index in [1.54, 1.807) is 6.07 Å². The van der Waals surface area contributed by atoms with Crippen molar-refractivity contribution in [1.29, 1.82) is 5.26 Å². The molecular formula is C13H14N2O4S. The Kier molecular flexibility index (Phi) is 5.43. The van der Waals surface area contributed by atoms with Gasteiger partial charge in [-0.3, -0.25) is 0 Å². The molecule has 0 heterocycles. The average molecular weight is 294 g/mol. The molecule has 1 aromatic carbocycles. The first-order valence-electron chi connectivity index (χ1n) is 5.72. The van der Waals surface area contributed by atoms with E-state index in [4.69, 9.17) is 10.00 Å². The number of benzene rings is 1. The van der Waals surface area contributed by atoms with E-state index in [1.165, 1.54) is 37.3 Å². The van der Waals surface area contributed by atoms with Crippen LogP contribution in [0.25, 0.3) is 0 Å². The fraction of sp³-hybridized carbons (Fsp3) is 0.231. The molecule has 0 unspecified atom stereocenters. The van der Waals surface area contributed by atoms with Crippen molar-refractivity contribution in [3.8, 4) is 6.07 Å². The van der Waals surface area contributed by atoms with Gasteiger partial charge in [-0.1, -0.05) is 12.1 Å². The Bertz CT molecular complexity index is 647. The van der Waals surface area contributed by atoms with Gasteiger partial charge in [0.15, 0.2) is 6.10 Å². The van der Waals surface area contributed by atoms with Gasteiger partial charge in [0.2, 0.25) is 10.0 Å². The van der Waals surface area contributed by atoms with Crippen LogP contribution in [0, 0.1) is 11.3 Å². The summed E-state index contributed by atoms with van der Waals surface area (Å²) in [4.78, 5) is 11.6. The monoisotopic (exact) mass is 294 g/mol. The average Bonchev–Trinajstić information content (AvgIpc) is 2.45. The van der Waals surface area contributed by atoms with Crippen molar-refractivity contribution in [3.63, 3.8) is 0 Å². The molecule has 1 atom stereocenters. The molecular weight excluding hydrogens is 280 g/mol. The van der Waals surface area contributed by atoms with Crippen molar-refractivity contribution >= 4 is 16.0 Å². The Morgan fingerprint density at radius 1 is 1.60 bits per heavy atom. The molecule has 6 nitrogen and oxygen atoms in total. The zero-order chi connectivity index (χ0) is 15.2. The van der Waals surface area contributed by atoms with Crippen LogP contribution in [0.3, 0.4) is 0 Å². The van der Waals surface area contributed by atoms with Gasteiger partial charge in [-0.2, -0.15) is 5.26 Å². The summed E-state index contributed by atoms with van der Waals surface area (Å²) in [5.74, 6) is -0.750. The van der Waals surface area contributed by atoms with Gasteiger partial charge in [-0.25, -0.2) is 17.9 Å². The van der Waals surface area contributed by atoms with Crippen LogP contribution < -0.4 is 4.72 Å². The maximum atomic E-state index is 11.9. The second-order valence-corrected chi connectivity index (χ2v) is 5.61. The summed E-state index contributed by atoms with van der Waals surface area (Å²) in [6.45, 7) is 4.92. The van der Waals surface area contributed by atoms with Crippen molar-refractivity contribution in [2.24, 2.45) is 0 Å². The zero-order valence-electron chi connectivity index (χ0n) is 10.9. The summed E-state index contributed by atoms with van der Waals surface area (Å²) in [6, 6.07) is 7.15. The van der Waals surface area contributed by atoms with Crippen molar-refractivity contribution < 1.29 is 17.9 Å². The number of sulfonamides is 1. The summed E-state index contributed by atoms with van der Waals surface area (Å²) in [5.41, 5.74) is 0.0635. The Labute approximate surface area is 117 Å². The van der Waals surface area contributed by atoms with Crippen LogP contribution >= 0.6 is 0 Å². The number of nitriles is 1. The minimum Gasteiger partial charge on any atom is -0.444 e. The molecule has 1 N–H and O–H groups in total. The Balaban J connectivity index is 2.99. The molecule has 0 spiro atoms. The SMILES string of the molecule is C=CCNS(=O)(=O)c1cccc(C(=O)O[C@@H](C)C#N)c1. The lowest BCUT2D eigenvalue weighted by molar-refractivity contribution is 0.0435. The standard InChI is InChI=1S/C13H14N2O4S/c1-3-7-15-20(17,18)12-6-4-5-11(8-12)13(16)19-10(2)9-14/h3-6,8,10,15H,1,7H2,2H3/t10-/m0/s1. The highest BCUT2D eigenvalue weighted by atomic mass is 32.2. The normalized spacial score (nSPS) is 12.2. The van der Waals surface area contributed by atoms with E-state index in [0.717, 1.165) is 0 Å². The van der Waals surface area contributed by atoms with Crippen molar-refractivity contribution in [1.82, 2.24) is 4.72 Å². The number of nitrogens with zero attached hydrogens (tertiary/aromatic N) is 1. The molecule has 0 radical (unpaired) electrons. The van der Waals surface area contributed by atoms with Crippen molar-refractivity contribution in [2.45, 2.75) is 17.9 Å². The molecule has 0 fully saturated rings. The van der Waals surface area contributed by atoms with Gasteiger partial charge in [0, 0.05) is 6.54 Å². The lowest BCUT2D eigenvalue weighted by Gasteiger charge is -2.08. The topological polar surface area (TPSA) is 96.3 Å². The zero-order valence-corrected chi connectivity index (χ0v) is 11.7. The Hall–Kier alpha value is -2.17. The van der Waals surface area contributed by atoms with E-state index >= 15 is 0 Å². The predicted octanol–water partition coefficient (Wildman–Crippen LogP) is 1.22. The largest absolute Gasteiger partial charge is 0.444 e. The van der Waals surface area contributed by atoms with Gasteiger partial charge in [0.1, 0.15) is 6.07 Å². The maximum absolute atomic E-state index is 11.9. The molecule has 7 heteroatoms. The minimum atomic E-state index is -3.71. The third kappa shape index (κ3) is 4.19. The van der Waals surface area contributed by atoms with Crippen LogP contribution in [0.4, 0.5) is 0 Å². The Morgan fingerprint density at radius 3 is 2.90 bits per heavy atom. The lowest BCUT2D eigenvalue weighted by atomic mass is 10.2. The number of rotatable bonds is 6. The quantitative estimate of drug-likeness (QED) is 0.628. The molecule has 106 valence electrons. The summed E-state index contributed by atoms with van der Waals surface area (Å²) in [7, 11) is -3.71. The van der Waals surface area contributed by atoms with Crippen molar-refractivity contribution in [3.05, 3.63) is 42.5 Å². The van der Waals surface area contributed by atoms with E-state index in [2.05, 4.69) is 11.3 Å². The van der Waals surface area contributed by atoms with E-state index in [9.17, 15) is 13.2 Å². The molecule has 0 aliphatic carbocycles. The molecule has 0 aliphatic rings. The van der Waals surface area contributed by atoms with Crippen LogP contribution in [-0.4, -0.2) is 27.0 Å². The van der Waals surface area contributed by atoms with Crippen LogP contribution in [0.15, 0.2) is 41.8 Å². The fourth-order valence-corrected chi connectivity index (χ4v) is 2.34. The summed E-state index contributed by atoms with van der Waals surface area (Å²) in [6.07, 6.45) is 0.506. The van der Waals surface area contributed by atoms with Gasteiger partial charge in [-0.15, -0.1) is 6.58 Å². The van der Waals surface area contributed by atoms with Gasteiger partial charge in [0.05, 0.1) is 10.5 Å². The molecule has 0 amide bonds. The highest BCUT2D eigenvalue weighted by Crippen LogP contribution is 2.13. The third-order valence-corrected chi connectivity index (χ3v) is 3.68. The summed E-state index contributed by atoms with van der Waals surface area (Å²) < 4.78 is 30.9. The predicted molar refractivity (Wildman–Crippen MR) is 72.3 cm³/mol. The van der Waals surface area contributed by atoms with Gasteiger partial charge >= 0.3 is 5.97 Å². The van der Waals surface area contributed by atoms with E-state index in [1.807, 2.05) is 0 Å². The highest BCUT2D eigenvalue weighted by Gasteiger charge is 2.17. The summed E-state index contributed by atoms with van der Waals surface area (Å²) in [5, 5.41) is 8.57. The third-order valence-electron chi connectivity index (χ3n) is 2.26. The van der Waals surface area contributed by atoms with E-state index in [-0.39, 0.29) is 17.0 Å². The first-order valence-corrected chi connectivity index (χ1v) is 7.20. The van der Waals surface area contributed by atoms with E-state index < -0.39 is 22.1 Å². The molecule has 1 aromatic rings. The molecule has 0 aliphatic heterocycles.